The minimum atomic E-state index is -0.406. The van der Waals surface area contributed by atoms with E-state index in [0.717, 1.165) is 47.7 Å². The number of rotatable bonds is 7. The Morgan fingerprint density at radius 2 is 1.24 bits per heavy atom. The molecule has 3 heterocycles. The van der Waals surface area contributed by atoms with Crippen LogP contribution in [0.25, 0.3) is 21.1 Å². The number of hydrogen-bond acceptors (Lipinski definition) is 10. The molecule has 0 bridgehead atoms. The Balaban J connectivity index is 0.000000208. The normalized spacial score (nSPS) is 15.0. The van der Waals surface area contributed by atoms with Gasteiger partial charge in [0.2, 0.25) is 0 Å². The van der Waals surface area contributed by atoms with Gasteiger partial charge in [-0.2, -0.15) is 10.5 Å². The molecule has 0 amide bonds. The summed E-state index contributed by atoms with van der Waals surface area (Å²) in [6.45, 7) is 12.0. The molecule has 1 aliphatic rings. The zero-order valence-corrected chi connectivity index (χ0v) is 27.0. The Morgan fingerprint density at radius 3 is 1.69 bits per heavy atom. The van der Waals surface area contributed by atoms with E-state index >= 15 is 0 Å². The summed E-state index contributed by atoms with van der Waals surface area (Å²) < 4.78 is 12.3. The van der Waals surface area contributed by atoms with Gasteiger partial charge in [-0.15, -0.1) is 20.4 Å². The van der Waals surface area contributed by atoms with Gasteiger partial charge < -0.3 is 9.31 Å². The molecule has 2 aromatic heterocycles. The average molecular weight is 619 g/mol. The summed E-state index contributed by atoms with van der Waals surface area (Å²) in [4.78, 5) is 0. The molecule has 8 nitrogen and oxygen atoms in total. The number of hydrogen-bond donors (Lipinski definition) is 0. The van der Waals surface area contributed by atoms with Crippen LogP contribution in [0.1, 0.15) is 61.7 Å². The van der Waals surface area contributed by atoms with Crippen LogP contribution in [-0.4, -0.2) is 38.7 Å². The lowest BCUT2D eigenvalue weighted by molar-refractivity contribution is 0.00578. The first-order valence-electron chi connectivity index (χ1n) is 13.6. The standard InChI is InChI=1S/C18H22BN3O2S.C12H10ClN3S/c1-12-21-22-16(25-12)15-9-8-14(11-13(15)7-6-10-20)19-23-17(2,3)18(4,5)24-19;1-8-15-16-12(17-8)11-5-4-10(13)7-9(11)3-2-6-14/h8-9,11H,6-7H2,1-5H3;4-5,7H,2-3H2,1H3. The van der Waals surface area contributed by atoms with Crippen LogP contribution in [-0.2, 0) is 22.2 Å². The molecule has 1 saturated heterocycles. The Bertz CT molecular complexity index is 1620. The maximum Gasteiger partial charge on any atom is 0.494 e. The molecule has 0 saturated carbocycles. The van der Waals surface area contributed by atoms with Gasteiger partial charge in [-0.1, -0.05) is 58.5 Å². The van der Waals surface area contributed by atoms with Gasteiger partial charge in [0.15, 0.2) is 0 Å². The molecule has 0 unspecified atom stereocenters. The SMILES string of the molecule is Cc1nnc(-c2ccc(B3OC(C)(C)C(C)(C)O3)cc2CCC#N)s1.Cc1nnc(-c2ccc(Cl)cc2CCC#N)s1. The molecule has 216 valence electrons. The van der Waals surface area contributed by atoms with Crippen molar-refractivity contribution >= 4 is 46.9 Å². The molecular formula is C30H32BClN6O2S2. The quantitative estimate of drug-likeness (QED) is 0.205. The highest BCUT2D eigenvalue weighted by molar-refractivity contribution is 7.14. The van der Waals surface area contributed by atoms with Crippen LogP contribution >= 0.6 is 34.3 Å². The molecule has 4 aromatic rings. The second-order valence-corrected chi connectivity index (χ2v) is 13.7. The average Bonchev–Trinajstić information content (AvgIpc) is 3.63. The summed E-state index contributed by atoms with van der Waals surface area (Å²) in [7, 11) is -0.406. The van der Waals surface area contributed by atoms with E-state index in [-0.39, 0.29) is 11.2 Å². The van der Waals surface area contributed by atoms with E-state index in [1.807, 2.05) is 71.9 Å². The van der Waals surface area contributed by atoms with Crippen LogP contribution in [0.15, 0.2) is 36.4 Å². The van der Waals surface area contributed by atoms with Crippen LogP contribution in [0.2, 0.25) is 5.02 Å². The minimum Gasteiger partial charge on any atom is -0.399 e. The Hall–Kier alpha value is -3.19. The first kappa shape index (κ1) is 31.7. The summed E-state index contributed by atoms with van der Waals surface area (Å²) in [5.74, 6) is 0. The largest absolute Gasteiger partial charge is 0.494 e. The van der Waals surface area contributed by atoms with Crippen molar-refractivity contribution in [2.24, 2.45) is 0 Å². The first-order valence-corrected chi connectivity index (χ1v) is 15.6. The van der Waals surface area contributed by atoms with Crippen LogP contribution in [0.5, 0.6) is 0 Å². The predicted molar refractivity (Wildman–Crippen MR) is 169 cm³/mol. The molecule has 12 heteroatoms. The van der Waals surface area contributed by atoms with Crippen LogP contribution in [0, 0.1) is 36.5 Å². The van der Waals surface area contributed by atoms with E-state index in [2.05, 4.69) is 38.6 Å². The fourth-order valence-electron chi connectivity index (χ4n) is 4.32. The third-order valence-corrected chi connectivity index (χ3v) is 9.23. The molecule has 2 aromatic carbocycles. The number of nitriles is 2. The fraction of sp³-hybridized carbons (Fsp3) is 0.400. The lowest BCUT2D eigenvalue weighted by atomic mass is 9.77. The number of nitrogens with zero attached hydrogens (tertiary/aromatic N) is 6. The van der Waals surface area contributed by atoms with Gasteiger partial charge in [0.05, 0.1) is 23.3 Å². The van der Waals surface area contributed by atoms with Crippen molar-refractivity contribution in [3.05, 3.63) is 62.6 Å². The summed E-state index contributed by atoms with van der Waals surface area (Å²) in [6, 6.07) is 16.2. The summed E-state index contributed by atoms with van der Waals surface area (Å²) >= 11 is 9.08. The maximum atomic E-state index is 8.99. The maximum absolute atomic E-state index is 8.99. The molecule has 5 rings (SSSR count). The third kappa shape index (κ3) is 7.41. The summed E-state index contributed by atoms with van der Waals surface area (Å²) in [5.41, 5.74) is 4.40. The molecule has 42 heavy (non-hydrogen) atoms. The van der Waals surface area contributed by atoms with Crippen molar-refractivity contribution in [2.45, 2.75) is 78.4 Å². The van der Waals surface area contributed by atoms with Gasteiger partial charge in [0.1, 0.15) is 20.0 Å². The highest BCUT2D eigenvalue weighted by Crippen LogP contribution is 2.37. The Morgan fingerprint density at radius 1 is 0.762 bits per heavy atom. The monoisotopic (exact) mass is 618 g/mol. The van der Waals surface area contributed by atoms with Crippen LogP contribution in [0.3, 0.4) is 0 Å². The predicted octanol–water partition coefficient (Wildman–Crippen LogP) is 6.89. The Kier molecular flexibility index (Phi) is 10.1. The van der Waals surface area contributed by atoms with E-state index < -0.39 is 7.12 Å². The van der Waals surface area contributed by atoms with E-state index in [9.17, 15) is 0 Å². The van der Waals surface area contributed by atoms with Gasteiger partial charge in [-0.05, 0) is 83.1 Å². The molecule has 1 fully saturated rings. The van der Waals surface area contributed by atoms with Crippen molar-refractivity contribution in [3.63, 3.8) is 0 Å². The lowest BCUT2D eigenvalue weighted by Gasteiger charge is -2.32. The van der Waals surface area contributed by atoms with Crippen molar-refractivity contribution in [2.75, 3.05) is 0 Å². The number of aryl methyl sites for hydroxylation is 4. The second kappa shape index (κ2) is 13.4. The molecule has 1 aliphatic heterocycles. The van der Waals surface area contributed by atoms with Crippen LogP contribution in [0.4, 0.5) is 0 Å². The van der Waals surface area contributed by atoms with E-state index in [4.69, 9.17) is 31.4 Å². The second-order valence-electron chi connectivity index (χ2n) is 10.9. The first-order chi connectivity index (χ1) is 19.9. The topological polar surface area (TPSA) is 118 Å². The number of halogens is 1. The summed E-state index contributed by atoms with van der Waals surface area (Å²) in [6.07, 6.45) is 2.28. The lowest BCUT2D eigenvalue weighted by Crippen LogP contribution is -2.41. The zero-order chi connectivity index (χ0) is 30.5. The van der Waals surface area contributed by atoms with Crippen molar-refractivity contribution in [3.8, 4) is 33.3 Å². The third-order valence-electron chi connectivity index (χ3n) is 7.25. The van der Waals surface area contributed by atoms with Crippen molar-refractivity contribution in [1.82, 2.24) is 20.4 Å². The van der Waals surface area contributed by atoms with Crippen molar-refractivity contribution < 1.29 is 9.31 Å². The van der Waals surface area contributed by atoms with E-state index in [0.29, 0.717) is 30.7 Å². The van der Waals surface area contributed by atoms with Gasteiger partial charge in [-0.3, -0.25) is 0 Å². The molecule has 0 N–H and O–H groups in total. The molecule has 0 atom stereocenters. The summed E-state index contributed by atoms with van der Waals surface area (Å²) in [5, 5.41) is 38.4. The van der Waals surface area contributed by atoms with Gasteiger partial charge in [-0.25, -0.2) is 0 Å². The fourth-order valence-corrected chi connectivity index (χ4v) is 6.02. The highest BCUT2D eigenvalue weighted by atomic mass is 35.5. The molecule has 0 aliphatic carbocycles. The van der Waals surface area contributed by atoms with Gasteiger partial charge in [0, 0.05) is 29.0 Å². The Labute approximate surface area is 260 Å². The van der Waals surface area contributed by atoms with Gasteiger partial charge in [0.25, 0.3) is 0 Å². The number of aromatic nitrogens is 4. The van der Waals surface area contributed by atoms with Gasteiger partial charge >= 0.3 is 7.12 Å². The molecular weight excluding hydrogens is 587 g/mol. The molecule has 0 spiro atoms. The van der Waals surface area contributed by atoms with Crippen LogP contribution < -0.4 is 5.46 Å². The van der Waals surface area contributed by atoms with E-state index in [1.54, 1.807) is 22.7 Å². The molecule has 0 radical (unpaired) electrons. The smallest absolute Gasteiger partial charge is 0.399 e. The number of benzene rings is 2. The van der Waals surface area contributed by atoms with E-state index in [1.165, 1.54) is 0 Å². The minimum absolute atomic E-state index is 0.376. The highest BCUT2D eigenvalue weighted by Gasteiger charge is 2.51. The zero-order valence-electron chi connectivity index (χ0n) is 24.6. The van der Waals surface area contributed by atoms with Crippen molar-refractivity contribution in [1.29, 1.82) is 10.5 Å².